The Balaban J connectivity index is 1.63. The van der Waals surface area contributed by atoms with Gasteiger partial charge < -0.3 is 10.2 Å². The van der Waals surface area contributed by atoms with E-state index in [4.69, 9.17) is 0 Å². The number of rotatable bonds is 8. The molecule has 0 spiro atoms. The Bertz CT molecular complexity index is 539. The highest BCUT2D eigenvalue weighted by atomic mass is 16.6. The molecule has 1 amide bonds. The Labute approximate surface area is 143 Å². The third-order valence-corrected chi connectivity index (χ3v) is 4.66. The fourth-order valence-electron chi connectivity index (χ4n) is 3.22. The van der Waals surface area contributed by atoms with E-state index in [1.807, 2.05) is 11.9 Å². The van der Waals surface area contributed by atoms with Crippen LogP contribution in [-0.4, -0.2) is 35.9 Å². The van der Waals surface area contributed by atoms with Crippen LogP contribution in [0.4, 0.5) is 11.4 Å². The summed E-state index contributed by atoms with van der Waals surface area (Å²) in [5, 5.41) is 13.8. The SMILES string of the molecule is CN(CC1CCCCC1)C(=O)CCCNc1ccc([N+](=O)[O-])cc1. The average Bonchev–Trinajstić information content (AvgIpc) is 2.59. The first-order valence-electron chi connectivity index (χ1n) is 8.78. The molecule has 0 heterocycles. The molecule has 0 aliphatic heterocycles. The Hall–Kier alpha value is -2.11. The van der Waals surface area contributed by atoms with E-state index in [1.165, 1.54) is 44.2 Å². The lowest BCUT2D eigenvalue weighted by atomic mass is 9.89. The van der Waals surface area contributed by atoms with Gasteiger partial charge in [-0.1, -0.05) is 19.3 Å². The van der Waals surface area contributed by atoms with Crippen LogP contribution in [0.25, 0.3) is 0 Å². The van der Waals surface area contributed by atoms with Gasteiger partial charge in [0.25, 0.3) is 5.69 Å². The highest BCUT2D eigenvalue weighted by Crippen LogP contribution is 2.24. The summed E-state index contributed by atoms with van der Waals surface area (Å²) >= 11 is 0. The maximum atomic E-state index is 12.2. The van der Waals surface area contributed by atoms with E-state index < -0.39 is 4.92 Å². The maximum Gasteiger partial charge on any atom is 0.269 e. The molecule has 1 aliphatic carbocycles. The fraction of sp³-hybridized carbons (Fsp3) is 0.611. The van der Waals surface area contributed by atoms with Gasteiger partial charge >= 0.3 is 0 Å². The molecular weight excluding hydrogens is 306 g/mol. The Morgan fingerprint density at radius 3 is 2.54 bits per heavy atom. The minimum atomic E-state index is -0.412. The second-order valence-corrected chi connectivity index (χ2v) is 6.61. The molecule has 0 bridgehead atoms. The van der Waals surface area contributed by atoms with Crippen LogP contribution in [-0.2, 0) is 4.79 Å². The second-order valence-electron chi connectivity index (χ2n) is 6.61. The first kappa shape index (κ1) is 18.2. The van der Waals surface area contributed by atoms with Crippen molar-refractivity contribution in [3.8, 4) is 0 Å². The predicted molar refractivity (Wildman–Crippen MR) is 95.0 cm³/mol. The molecule has 6 nitrogen and oxygen atoms in total. The van der Waals surface area contributed by atoms with E-state index in [0.29, 0.717) is 18.9 Å². The molecule has 1 fully saturated rings. The van der Waals surface area contributed by atoms with Crippen LogP contribution in [0.1, 0.15) is 44.9 Å². The summed E-state index contributed by atoms with van der Waals surface area (Å²) in [6.07, 6.45) is 7.72. The number of carbonyl (C=O) groups excluding carboxylic acids is 1. The zero-order valence-electron chi connectivity index (χ0n) is 14.4. The summed E-state index contributed by atoms with van der Waals surface area (Å²) in [5.41, 5.74) is 0.920. The number of benzene rings is 1. The molecule has 1 saturated carbocycles. The van der Waals surface area contributed by atoms with Gasteiger partial charge in [-0.25, -0.2) is 0 Å². The molecule has 0 atom stereocenters. The largest absolute Gasteiger partial charge is 0.385 e. The first-order valence-corrected chi connectivity index (χ1v) is 8.78. The maximum absolute atomic E-state index is 12.2. The average molecular weight is 333 g/mol. The standard InChI is InChI=1S/C18H27N3O3/c1-20(14-15-6-3-2-4-7-15)18(22)8-5-13-19-16-9-11-17(12-10-16)21(23)24/h9-12,15,19H,2-8,13-14H2,1H3. The van der Waals surface area contributed by atoms with Crippen molar-refractivity contribution in [2.45, 2.75) is 44.9 Å². The molecule has 132 valence electrons. The quantitative estimate of drug-likeness (QED) is 0.446. The molecule has 1 aromatic rings. The minimum absolute atomic E-state index is 0.0834. The number of nitrogens with zero attached hydrogens (tertiary/aromatic N) is 2. The molecule has 2 rings (SSSR count). The lowest BCUT2D eigenvalue weighted by molar-refractivity contribution is -0.384. The molecule has 0 unspecified atom stereocenters. The van der Waals surface area contributed by atoms with Crippen LogP contribution in [0, 0.1) is 16.0 Å². The number of anilines is 1. The number of carbonyl (C=O) groups is 1. The van der Waals surface area contributed by atoms with Crippen molar-refractivity contribution in [1.82, 2.24) is 4.90 Å². The summed E-state index contributed by atoms with van der Waals surface area (Å²) in [5.74, 6) is 0.872. The van der Waals surface area contributed by atoms with Crippen LogP contribution >= 0.6 is 0 Å². The van der Waals surface area contributed by atoms with Crippen LogP contribution in [0.2, 0.25) is 0 Å². The summed E-state index contributed by atoms with van der Waals surface area (Å²) in [6.45, 7) is 1.56. The number of hydrogen-bond acceptors (Lipinski definition) is 4. The van der Waals surface area contributed by atoms with Gasteiger partial charge in [-0.2, -0.15) is 0 Å². The van der Waals surface area contributed by atoms with Gasteiger partial charge in [0.15, 0.2) is 0 Å². The highest BCUT2D eigenvalue weighted by Gasteiger charge is 2.17. The molecule has 0 saturated heterocycles. The molecule has 24 heavy (non-hydrogen) atoms. The molecule has 0 radical (unpaired) electrons. The molecule has 1 aromatic carbocycles. The van der Waals surface area contributed by atoms with Gasteiger partial charge in [-0.05, 0) is 37.3 Å². The number of nitro groups is 1. The highest BCUT2D eigenvalue weighted by molar-refractivity contribution is 5.75. The molecular formula is C18H27N3O3. The smallest absolute Gasteiger partial charge is 0.269 e. The van der Waals surface area contributed by atoms with Gasteiger partial charge in [-0.15, -0.1) is 0 Å². The zero-order valence-corrected chi connectivity index (χ0v) is 14.4. The number of hydrogen-bond donors (Lipinski definition) is 1. The molecule has 1 N–H and O–H groups in total. The van der Waals surface area contributed by atoms with E-state index in [1.54, 1.807) is 12.1 Å². The van der Waals surface area contributed by atoms with Crippen LogP contribution < -0.4 is 5.32 Å². The molecule has 1 aliphatic rings. The monoisotopic (exact) mass is 333 g/mol. The fourth-order valence-corrected chi connectivity index (χ4v) is 3.22. The van der Waals surface area contributed by atoms with Crippen molar-refractivity contribution >= 4 is 17.3 Å². The van der Waals surface area contributed by atoms with Gasteiger partial charge in [0.1, 0.15) is 0 Å². The van der Waals surface area contributed by atoms with Crippen LogP contribution in [0.5, 0.6) is 0 Å². The normalized spacial score (nSPS) is 15.0. The Morgan fingerprint density at radius 2 is 1.92 bits per heavy atom. The number of non-ortho nitro benzene ring substituents is 1. The number of nitro benzene ring substituents is 1. The van der Waals surface area contributed by atoms with Crippen LogP contribution in [0.15, 0.2) is 24.3 Å². The Morgan fingerprint density at radius 1 is 1.25 bits per heavy atom. The minimum Gasteiger partial charge on any atom is -0.385 e. The van der Waals surface area contributed by atoms with Gasteiger partial charge in [-0.3, -0.25) is 14.9 Å². The summed E-state index contributed by atoms with van der Waals surface area (Å²) in [6, 6.07) is 6.33. The van der Waals surface area contributed by atoms with Crippen molar-refractivity contribution in [2.75, 3.05) is 25.5 Å². The van der Waals surface area contributed by atoms with Gasteiger partial charge in [0, 0.05) is 44.4 Å². The zero-order chi connectivity index (χ0) is 17.4. The van der Waals surface area contributed by atoms with Crippen molar-refractivity contribution in [3.63, 3.8) is 0 Å². The summed E-state index contributed by atoms with van der Waals surface area (Å²) in [4.78, 5) is 24.2. The lowest BCUT2D eigenvalue weighted by Gasteiger charge is -2.27. The van der Waals surface area contributed by atoms with Crippen molar-refractivity contribution in [3.05, 3.63) is 34.4 Å². The van der Waals surface area contributed by atoms with Gasteiger partial charge in [0.05, 0.1) is 4.92 Å². The van der Waals surface area contributed by atoms with E-state index >= 15 is 0 Å². The summed E-state index contributed by atoms with van der Waals surface area (Å²) < 4.78 is 0. The third-order valence-electron chi connectivity index (χ3n) is 4.66. The third kappa shape index (κ3) is 5.83. The van der Waals surface area contributed by atoms with Crippen molar-refractivity contribution in [2.24, 2.45) is 5.92 Å². The first-order chi connectivity index (χ1) is 11.6. The number of amides is 1. The Kier molecular flexibility index (Phi) is 7.03. The van der Waals surface area contributed by atoms with Crippen molar-refractivity contribution in [1.29, 1.82) is 0 Å². The van der Waals surface area contributed by atoms with Crippen LogP contribution in [0.3, 0.4) is 0 Å². The molecule has 6 heteroatoms. The van der Waals surface area contributed by atoms with Gasteiger partial charge in [0.2, 0.25) is 5.91 Å². The predicted octanol–water partition coefficient (Wildman–Crippen LogP) is 3.83. The van der Waals surface area contributed by atoms with E-state index in [9.17, 15) is 14.9 Å². The van der Waals surface area contributed by atoms with Crippen molar-refractivity contribution < 1.29 is 9.72 Å². The molecule has 0 aromatic heterocycles. The van der Waals surface area contributed by atoms with E-state index in [2.05, 4.69) is 5.32 Å². The number of nitrogens with one attached hydrogen (secondary N) is 1. The second kappa shape index (κ2) is 9.25. The summed E-state index contributed by atoms with van der Waals surface area (Å²) in [7, 11) is 1.90. The lowest BCUT2D eigenvalue weighted by Crippen LogP contribution is -2.32. The van der Waals surface area contributed by atoms with E-state index in [-0.39, 0.29) is 11.6 Å². The van der Waals surface area contributed by atoms with E-state index in [0.717, 1.165) is 18.7 Å². The topological polar surface area (TPSA) is 75.5 Å².